The van der Waals surface area contributed by atoms with E-state index in [1.807, 2.05) is 18.2 Å². The third-order valence-electron chi connectivity index (χ3n) is 3.59. The summed E-state index contributed by atoms with van der Waals surface area (Å²) >= 11 is 11.9. The summed E-state index contributed by atoms with van der Waals surface area (Å²) in [7, 11) is 2.85. The van der Waals surface area contributed by atoms with Crippen LogP contribution in [0.1, 0.15) is 11.1 Å². The van der Waals surface area contributed by atoms with Gasteiger partial charge in [0.05, 0.1) is 24.3 Å². The van der Waals surface area contributed by atoms with Crippen LogP contribution in [0.4, 0.5) is 0 Å². The number of esters is 1. The van der Waals surface area contributed by atoms with Crippen molar-refractivity contribution in [1.29, 1.82) is 0 Å². The van der Waals surface area contributed by atoms with E-state index < -0.39 is 12.0 Å². The van der Waals surface area contributed by atoms with Gasteiger partial charge in [-0.25, -0.2) is 0 Å². The lowest BCUT2D eigenvalue weighted by Gasteiger charge is -2.17. The Morgan fingerprint density at radius 3 is 2.56 bits per heavy atom. The second kappa shape index (κ2) is 8.94. The molecule has 0 spiro atoms. The van der Waals surface area contributed by atoms with Crippen molar-refractivity contribution < 1.29 is 19.0 Å². The van der Waals surface area contributed by atoms with Crippen molar-refractivity contribution in [2.45, 2.75) is 19.1 Å². The maximum Gasteiger partial charge on any atom is 0.322 e. The molecule has 0 saturated heterocycles. The number of para-hydroxylation sites is 1. The zero-order valence-electron chi connectivity index (χ0n) is 13.9. The van der Waals surface area contributed by atoms with E-state index in [-0.39, 0.29) is 13.0 Å². The molecule has 0 radical (unpaired) electrons. The van der Waals surface area contributed by atoms with E-state index in [0.29, 0.717) is 21.5 Å². The van der Waals surface area contributed by atoms with Gasteiger partial charge in [-0.05, 0) is 23.8 Å². The van der Waals surface area contributed by atoms with E-state index >= 15 is 0 Å². The van der Waals surface area contributed by atoms with Crippen LogP contribution < -0.4 is 15.2 Å². The molecular weight excluding hydrogens is 365 g/mol. The van der Waals surface area contributed by atoms with Crippen LogP contribution in [0.3, 0.4) is 0 Å². The SMILES string of the molecule is COC(=O)C(N)Cc1cccc(OC)c1OCc1ccc(Cl)c(Cl)c1. The molecule has 0 bridgehead atoms. The van der Waals surface area contributed by atoms with Crippen molar-refractivity contribution >= 4 is 29.2 Å². The molecule has 0 aliphatic rings. The Kier molecular flexibility index (Phi) is 6.93. The monoisotopic (exact) mass is 383 g/mol. The predicted octanol–water partition coefficient (Wildman–Crippen LogP) is 3.62. The van der Waals surface area contributed by atoms with Crippen LogP contribution in [0.2, 0.25) is 10.0 Å². The Labute approximate surface area is 156 Å². The average molecular weight is 384 g/mol. The molecule has 134 valence electrons. The number of methoxy groups -OCH3 is 2. The van der Waals surface area contributed by atoms with Crippen LogP contribution in [0.15, 0.2) is 36.4 Å². The fourth-order valence-corrected chi connectivity index (χ4v) is 2.62. The first-order chi connectivity index (χ1) is 12.0. The van der Waals surface area contributed by atoms with Gasteiger partial charge in [-0.15, -0.1) is 0 Å². The number of carbonyl (C=O) groups excluding carboxylic acids is 1. The van der Waals surface area contributed by atoms with E-state index in [0.717, 1.165) is 11.1 Å². The quantitative estimate of drug-likeness (QED) is 0.739. The number of nitrogens with two attached hydrogens (primary N) is 1. The normalized spacial score (nSPS) is 11.7. The average Bonchev–Trinajstić information content (AvgIpc) is 2.62. The molecule has 0 heterocycles. The van der Waals surface area contributed by atoms with Crippen molar-refractivity contribution in [1.82, 2.24) is 0 Å². The lowest BCUT2D eigenvalue weighted by Crippen LogP contribution is -2.33. The maximum absolute atomic E-state index is 11.6. The van der Waals surface area contributed by atoms with Crippen LogP contribution in [-0.4, -0.2) is 26.2 Å². The van der Waals surface area contributed by atoms with Crippen LogP contribution in [0.5, 0.6) is 11.5 Å². The second-order valence-electron chi connectivity index (χ2n) is 5.32. The number of halogens is 2. The summed E-state index contributed by atoms with van der Waals surface area (Å²) in [6, 6.07) is 9.89. The van der Waals surface area contributed by atoms with Crippen LogP contribution in [0, 0.1) is 0 Å². The topological polar surface area (TPSA) is 70.8 Å². The van der Waals surface area contributed by atoms with Gasteiger partial charge in [-0.1, -0.05) is 41.4 Å². The molecule has 1 unspecified atom stereocenters. The summed E-state index contributed by atoms with van der Waals surface area (Å²) in [5, 5.41) is 0.933. The first-order valence-electron chi connectivity index (χ1n) is 7.52. The van der Waals surface area contributed by atoms with Crippen LogP contribution in [-0.2, 0) is 22.6 Å². The lowest BCUT2D eigenvalue weighted by atomic mass is 10.0. The third kappa shape index (κ3) is 5.01. The summed E-state index contributed by atoms with van der Waals surface area (Å²) < 4.78 is 15.9. The van der Waals surface area contributed by atoms with Crippen LogP contribution >= 0.6 is 23.2 Å². The molecule has 0 aliphatic carbocycles. The lowest BCUT2D eigenvalue weighted by molar-refractivity contribution is -0.142. The van der Waals surface area contributed by atoms with E-state index in [4.69, 9.17) is 38.4 Å². The van der Waals surface area contributed by atoms with Gasteiger partial charge in [0.25, 0.3) is 0 Å². The van der Waals surface area contributed by atoms with Crippen molar-refractivity contribution in [2.24, 2.45) is 5.73 Å². The van der Waals surface area contributed by atoms with Gasteiger partial charge in [0, 0.05) is 12.0 Å². The van der Waals surface area contributed by atoms with Gasteiger partial charge >= 0.3 is 5.97 Å². The van der Waals surface area contributed by atoms with Crippen molar-refractivity contribution in [2.75, 3.05) is 14.2 Å². The van der Waals surface area contributed by atoms with E-state index in [9.17, 15) is 4.79 Å². The highest BCUT2D eigenvalue weighted by Crippen LogP contribution is 2.33. The minimum absolute atomic E-state index is 0.262. The highest BCUT2D eigenvalue weighted by Gasteiger charge is 2.19. The Hall–Kier alpha value is -1.95. The zero-order chi connectivity index (χ0) is 18.4. The summed E-state index contributed by atoms with van der Waals surface area (Å²) in [6.45, 7) is 0.262. The molecule has 0 aromatic heterocycles. The molecule has 0 saturated carbocycles. The van der Waals surface area contributed by atoms with Crippen molar-refractivity contribution in [3.63, 3.8) is 0 Å². The highest BCUT2D eigenvalue weighted by molar-refractivity contribution is 6.42. The Morgan fingerprint density at radius 2 is 1.92 bits per heavy atom. The molecular formula is C18H19Cl2NO4. The largest absolute Gasteiger partial charge is 0.493 e. The van der Waals surface area contributed by atoms with E-state index in [2.05, 4.69) is 4.74 Å². The molecule has 0 aliphatic heterocycles. The summed E-state index contributed by atoms with van der Waals surface area (Å²) in [4.78, 5) is 11.6. The number of hydrogen-bond acceptors (Lipinski definition) is 5. The molecule has 2 rings (SSSR count). The molecule has 25 heavy (non-hydrogen) atoms. The summed E-state index contributed by atoms with van der Waals surface area (Å²) in [6.07, 6.45) is 0.264. The number of ether oxygens (including phenoxy) is 3. The number of rotatable bonds is 7. The van der Waals surface area contributed by atoms with Gasteiger partial charge < -0.3 is 19.9 Å². The number of benzene rings is 2. The van der Waals surface area contributed by atoms with Gasteiger partial charge in [-0.2, -0.15) is 0 Å². The third-order valence-corrected chi connectivity index (χ3v) is 4.33. The summed E-state index contributed by atoms with van der Waals surface area (Å²) in [5.41, 5.74) is 7.46. The van der Waals surface area contributed by atoms with Crippen molar-refractivity contribution in [3.8, 4) is 11.5 Å². The molecule has 0 amide bonds. The molecule has 0 fully saturated rings. The molecule has 1 atom stereocenters. The first kappa shape index (κ1) is 19.4. The molecule has 5 nitrogen and oxygen atoms in total. The Balaban J connectivity index is 2.22. The summed E-state index contributed by atoms with van der Waals surface area (Å²) in [5.74, 6) is 0.586. The van der Waals surface area contributed by atoms with Gasteiger partial charge in [0.2, 0.25) is 0 Å². The minimum atomic E-state index is -0.788. The van der Waals surface area contributed by atoms with Crippen molar-refractivity contribution in [3.05, 3.63) is 57.6 Å². The Bertz CT molecular complexity index is 752. The van der Waals surface area contributed by atoms with Gasteiger partial charge in [0.1, 0.15) is 12.6 Å². The smallest absolute Gasteiger partial charge is 0.322 e. The second-order valence-corrected chi connectivity index (χ2v) is 6.13. The number of carbonyl (C=O) groups is 1. The zero-order valence-corrected chi connectivity index (χ0v) is 15.4. The molecule has 7 heteroatoms. The molecule has 2 aromatic carbocycles. The standard InChI is InChI=1S/C18H19Cl2NO4/c1-23-16-5-3-4-12(9-15(21)18(22)24-2)17(16)25-10-11-6-7-13(19)14(20)8-11/h3-8,15H,9-10,21H2,1-2H3. The minimum Gasteiger partial charge on any atom is -0.493 e. The predicted molar refractivity (Wildman–Crippen MR) is 97.5 cm³/mol. The van der Waals surface area contributed by atoms with E-state index in [1.165, 1.54) is 7.11 Å². The number of hydrogen-bond donors (Lipinski definition) is 1. The molecule has 2 N–H and O–H groups in total. The van der Waals surface area contributed by atoms with Crippen LogP contribution in [0.25, 0.3) is 0 Å². The highest BCUT2D eigenvalue weighted by atomic mass is 35.5. The fourth-order valence-electron chi connectivity index (χ4n) is 2.30. The van der Waals surface area contributed by atoms with Gasteiger partial charge in [0.15, 0.2) is 11.5 Å². The molecule has 2 aromatic rings. The first-order valence-corrected chi connectivity index (χ1v) is 8.27. The maximum atomic E-state index is 11.6. The van der Waals surface area contributed by atoms with E-state index in [1.54, 1.807) is 25.3 Å². The van der Waals surface area contributed by atoms with Gasteiger partial charge in [-0.3, -0.25) is 4.79 Å². The Morgan fingerprint density at radius 1 is 1.16 bits per heavy atom. The fraction of sp³-hybridized carbons (Fsp3) is 0.278.